The summed E-state index contributed by atoms with van der Waals surface area (Å²) in [4.78, 5) is 27.9. The molecule has 10 heteroatoms. The number of nitrogens with one attached hydrogen (secondary N) is 1. The quantitative estimate of drug-likeness (QED) is 0.449. The number of anilines is 1. The summed E-state index contributed by atoms with van der Waals surface area (Å²) >= 11 is 0. The topological polar surface area (TPSA) is 105 Å². The molecule has 2 aromatic rings. The first-order chi connectivity index (χ1) is 16.7. The van der Waals surface area contributed by atoms with Crippen molar-refractivity contribution in [1.29, 1.82) is 0 Å². The first-order valence-corrected chi connectivity index (χ1v) is 13.4. The smallest absolute Gasteiger partial charge is 0.244 e. The molecule has 1 N–H and O–H groups in total. The minimum absolute atomic E-state index is 0.128. The van der Waals surface area contributed by atoms with Crippen LogP contribution in [0.25, 0.3) is 0 Å². The van der Waals surface area contributed by atoms with Crippen molar-refractivity contribution in [2.24, 2.45) is 0 Å². The number of carbonyl (C=O) groups excluding carboxylic acids is 2. The molecule has 1 atom stereocenters. The van der Waals surface area contributed by atoms with Crippen LogP contribution in [0.5, 0.6) is 11.5 Å². The Morgan fingerprint density at radius 1 is 1.03 bits per heavy atom. The molecule has 0 bridgehead atoms. The standard InChI is InChI=1S/C25H35N3O6S/c1-6-21(25(30)26-7-2)27(17-19-13-15-20(33-4)16-14-19)24(29)18-28(35(5,31)32)22-11-9-10-12-23(22)34-8-3/h9-16,21H,6-8,17-18H2,1-5H3,(H,26,30). The number of hydrogen-bond donors (Lipinski definition) is 1. The lowest BCUT2D eigenvalue weighted by atomic mass is 10.1. The summed E-state index contributed by atoms with van der Waals surface area (Å²) in [5.74, 6) is 0.219. The van der Waals surface area contributed by atoms with Gasteiger partial charge in [-0.05, 0) is 50.1 Å². The zero-order chi connectivity index (χ0) is 26.0. The van der Waals surface area contributed by atoms with Crippen molar-refractivity contribution < 1.29 is 27.5 Å². The Morgan fingerprint density at radius 2 is 1.69 bits per heavy atom. The van der Waals surface area contributed by atoms with Crippen molar-refractivity contribution in [3.8, 4) is 11.5 Å². The number of rotatable bonds is 13. The van der Waals surface area contributed by atoms with E-state index in [0.29, 0.717) is 31.1 Å². The van der Waals surface area contributed by atoms with Gasteiger partial charge in [-0.3, -0.25) is 13.9 Å². The Labute approximate surface area is 208 Å². The molecule has 2 aromatic carbocycles. The number of amides is 2. The highest BCUT2D eigenvalue weighted by Gasteiger charge is 2.32. The lowest BCUT2D eigenvalue weighted by Gasteiger charge is -2.33. The first kappa shape index (κ1) is 28.0. The van der Waals surface area contributed by atoms with Gasteiger partial charge in [0.25, 0.3) is 0 Å². The molecule has 0 aliphatic heterocycles. The molecule has 0 fully saturated rings. The second-order valence-electron chi connectivity index (χ2n) is 7.86. The number of likely N-dealkylation sites (N-methyl/N-ethyl adjacent to an activating group) is 1. The van der Waals surface area contributed by atoms with Crippen LogP contribution < -0.4 is 19.1 Å². The number of sulfonamides is 1. The van der Waals surface area contributed by atoms with Crippen LogP contribution in [-0.2, 0) is 26.2 Å². The van der Waals surface area contributed by atoms with E-state index >= 15 is 0 Å². The van der Waals surface area contributed by atoms with E-state index in [1.54, 1.807) is 57.4 Å². The Morgan fingerprint density at radius 3 is 2.23 bits per heavy atom. The van der Waals surface area contributed by atoms with Crippen LogP contribution in [0.3, 0.4) is 0 Å². The zero-order valence-electron chi connectivity index (χ0n) is 21.0. The molecular weight excluding hydrogens is 470 g/mol. The number of carbonyl (C=O) groups is 2. The summed E-state index contributed by atoms with van der Waals surface area (Å²) in [7, 11) is -2.28. The molecule has 0 saturated carbocycles. The summed E-state index contributed by atoms with van der Waals surface area (Å²) in [5.41, 5.74) is 1.04. The van der Waals surface area contributed by atoms with Crippen molar-refractivity contribution in [3.63, 3.8) is 0 Å². The largest absolute Gasteiger partial charge is 0.497 e. The molecule has 9 nitrogen and oxygen atoms in total. The van der Waals surface area contributed by atoms with Gasteiger partial charge in [0, 0.05) is 13.1 Å². The highest BCUT2D eigenvalue weighted by molar-refractivity contribution is 7.92. The molecule has 0 aliphatic carbocycles. The fourth-order valence-electron chi connectivity index (χ4n) is 3.67. The number of ether oxygens (including phenoxy) is 2. The predicted molar refractivity (Wildman–Crippen MR) is 136 cm³/mol. The second-order valence-corrected chi connectivity index (χ2v) is 9.77. The van der Waals surface area contributed by atoms with E-state index in [2.05, 4.69) is 5.32 Å². The molecule has 1 unspecified atom stereocenters. The number of benzene rings is 2. The maximum Gasteiger partial charge on any atom is 0.244 e. The van der Waals surface area contributed by atoms with Gasteiger partial charge in [0.1, 0.15) is 24.1 Å². The van der Waals surface area contributed by atoms with Crippen molar-refractivity contribution in [2.75, 3.05) is 37.4 Å². The van der Waals surface area contributed by atoms with Crippen molar-refractivity contribution >= 4 is 27.5 Å². The van der Waals surface area contributed by atoms with E-state index < -0.39 is 28.5 Å². The average molecular weight is 506 g/mol. The summed E-state index contributed by atoms with van der Waals surface area (Å²) in [6, 6.07) is 13.0. The van der Waals surface area contributed by atoms with E-state index in [1.165, 1.54) is 4.90 Å². The van der Waals surface area contributed by atoms with Gasteiger partial charge in [-0.15, -0.1) is 0 Å². The van der Waals surface area contributed by atoms with E-state index in [4.69, 9.17) is 9.47 Å². The normalized spacial score (nSPS) is 11.9. The van der Waals surface area contributed by atoms with E-state index in [1.807, 2.05) is 19.1 Å². The maximum absolute atomic E-state index is 13.7. The highest BCUT2D eigenvalue weighted by atomic mass is 32.2. The third-order valence-electron chi connectivity index (χ3n) is 5.36. The number of hydrogen-bond acceptors (Lipinski definition) is 6. The van der Waals surface area contributed by atoms with Crippen molar-refractivity contribution in [3.05, 3.63) is 54.1 Å². The van der Waals surface area contributed by atoms with E-state index in [0.717, 1.165) is 16.1 Å². The van der Waals surface area contributed by atoms with Crippen molar-refractivity contribution in [1.82, 2.24) is 10.2 Å². The van der Waals surface area contributed by atoms with E-state index in [-0.39, 0.29) is 18.1 Å². The van der Waals surface area contributed by atoms with Gasteiger partial charge in [0.15, 0.2) is 0 Å². The molecule has 0 heterocycles. The summed E-state index contributed by atoms with van der Waals surface area (Å²) in [6.07, 6.45) is 1.40. The van der Waals surface area contributed by atoms with Crippen LogP contribution in [0.15, 0.2) is 48.5 Å². The van der Waals surface area contributed by atoms with E-state index in [9.17, 15) is 18.0 Å². The molecule has 35 heavy (non-hydrogen) atoms. The fraction of sp³-hybridized carbons (Fsp3) is 0.440. The molecule has 0 radical (unpaired) electrons. The molecule has 0 aliphatic rings. The van der Waals surface area contributed by atoms with Gasteiger partial charge in [-0.1, -0.05) is 31.2 Å². The fourth-order valence-corrected chi connectivity index (χ4v) is 4.53. The van der Waals surface area contributed by atoms with Gasteiger partial charge in [0.2, 0.25) is 21.8 Å². The van der Waals surface area contributed by atoms with Crippen LogP contribution in [0.1, 0.15) is 32.8 Å². The van der Waals surface area contributed by atoms with Gasteiger partial charge in [-0.25, -0.2) is 8.42 Å². The van der Waals surface area contributed by atoms with Crippen LogP contribution in [0.4, 0.5) is 5.69 Å². The number of methoxy groups -OCH3 is 1. The lowest BCUT2D eigenvalue weighted by molar-refractivity contribution is -0.140. The molecule has 2 rings (SSSR count). The van der Waals surface area contributed by atoms with Crippen LogP contribution in [-0.4, -0.2) is 64.2 Å². The minimum atomic E-state index is -3.84. The summed E-state index contributed by atoms with van der Waals surface area (Å²) in [5, 5.41) is 2.77. The summed E-state index contributed by atoms with van der Waals surface area (Å²) in [6.45, 7) is 5.81. The number of nitrogens with zero attached hydrogens (tertiary/aromatic N) is 2. The highest BCUT2D eigenvalue weighted by Crippen LogP contribution is 2.30. The Balaban J connectivity index is 2.46. The molecule has 0 saturated heterocycles. The Hall–Kier alpha value is -3.27. The third kappa shape index (κ3) is 7.61. The minimum Gasteiger partial charge on any atom is -0.497 e. The molecular formula is C25H35N3O6S. The molecule has 0 aromatic heterocycles. The average Bonchev–Trinajstić information content (AvgIpc) is 2.83. The number of para-hydroxylation sites is 2. The molecule has 2 amide bonds. The first-order valence-electron chi connectivity index (χ1n) is 11.6. The summed E-state index contributed by atoms with van der Waals surface area (Å²) < 4.78 is 37.3. The maximum atomic E-state index is 13.7. The Bertz CT molecular complexity index is 1090. The van der Waals surface area contributed by atoms with Crippen LogP contribution >= 0.6 is 0 Å². The second kappa shape index (κ2) is 13.0. The van der Waals surface area contributed by atoms with Gasteiger partial charge in [-0.2, -0.15) is 0 Å². The van der Waals surface area contributed by atoms with Crippen molar-refractivity contribution in [2.45, 2.75) is 39.8 Å². The Kier molecular flexibility index (Phi) is 10.4. The van der Waals surface area contributed by atoms with Crippen LogP contribution in [0, 0.1) is 0 Å². The third-order valence-corrected chi connectivity index (χ3v) is 6.49. The van der Waals surface area contributed by atoms with Gasteiger partial charge < -0.3 is 19.7 Å². The van der Waals surface area contributed by atoms with Gasteiger partial charge >= 0.3 is 0 Å². The SMILES string of the molecule is CCNC(=O)C(CC)N(Cc1ccc(OC)cc1)C(=O)CN(c1ccccc1OCC)S(C)(=O)=O. The lowest BCUT2D eigenvalue weighted by Crippen LogP contribution is -2.52. The molecule has 0 spiro atoms. The van der Waals surface area contributed by atoms with Crippen LogP contribution in [0.2, 0.25) is 0 Å². The predicted octanol–water partition coefficient (Wildman–Crippen LogP) is 2.80. The zero-order valence-corrected chi connectivity index (χ0v) is 21.8. The van der Waals surface area contributed by atoms with Gasteiger partial charge in [0.05, 0.1) is 25.7 Å². The molecule has 192 valence electrons. The monoisotopic (exact) mass is 505 g/mol.